The van der Waals surface area contributed by atoms with E-state index >= 15 is 0 Å². The van der Waals surface area contributed by atoms with Crippen molar-refractivity contribution in [3.8, 4) is 5.88 Å². The molecule has 0 atom stereocenters. The molecule has 1 rings (SSSR count). The van der Waals surface area contributed by atoms with Crippen molar-refractivity contribution >= 4 is 11.5 Å². The number of hydrogen-bond donors (Lipinski definition) is 1. The molecule has 0 saturated heterocycles. The molecule has 1 aromatic heterocycles. The molecular formula is C8H13NOS. The Morgan fingerprint density at radius 1 is 1.55 bits per heavy atom. The van der Waals surface area contributed by atoms with Crippen LogP contribution in [0.2, 0.25) is 0 Å². The molecule has 0 saturated carbocycles. The summed E-state index contributed by atoms with van der Waals surface area (Å²) in [4.78, 5) is 0. The second-order valence-corrected chi connectivity index (χ2v) is 4.53. The molecule has 0 aliphatic heterocycles. The fraction of sp³-hybridized carbons (Fsp3) is 0.625. The predicted molar refractivity (Wildman–Crippen MR) is 46.9 cm³/mol. The summed E-state index contributed by atoms with van der Waals surface area (Å²) in [6.07, 6.45) is 0.884. The summed E-state index contributed by atoms with van der Waals surface area (Å²) in [7, 11) is 0. The maximum atomic E-state index is 9.21. The van der Waals surface area contributed by atoms with Crippen LogP contribution >= 0.6 is 11.5 Å². The number of aromatic nitrogens is 1. The highest BCUT2D eigenvalue weighted by atomic mass is 32.1. The zero-order valence-electron chi connectivity index (χ0n) is 7.09. The van der Waals surface area contributed by atoms with Gasteiger partial charge in [-0.1, -0.05) is 20.8 Å². The molecule has 1 aromatic rings. The second-order valence-electron chi connectivity index (χ2n) is 3.90. The molecule has 1 N–H and O–H groups in total. The van der Waals surface area contributed by atoms with Gasteiger partial charge in [0.1, 0.15) is 0 Å². The van der Waals surface area contributed by atoms with E-state index in [2.05, 4.69) is 25.1 Å². The van der Waals surface area contributed by atoms with Gasteiger partial charge in [0.15, 0.2) is 0 Å². The molecule has 2 nitrogen and oxygen atoms in total. The molecule has 0 aliphatic carbocycles. The average molecular weight is 171 g/mol. The fourth-order valence-corrected chi connectivity index (χ4v) is 1.53. The molecule has 0 bridgehead atoms. The number of aromatic hydroxyl groups is 1. The Balaban J connectivity index is 2.72. The highest BCUT2D eigenvalue weighted by Crippen LogP contribution is 2.26. The van der Waals surface area contributed by atoms with Gasteiger partial charge in [0.25, 0.3) is 0 Å². The minimum Gasteiger partial charge on any atom is -0.492 e. The van der Waals surface area contributed by atoms with Crippen LogP contribution in [0.4, 0.5) is 0 Å². The molecule has 0 fully saturated rings. The van der Waals surface area contributed by atoms with Gasteiger partial charge < -0.3 is 5.11 Å². The van der Waals surface area contributed by atoms with Crippen molar-refractivity contribution in [2.24, 2.45) is 5.41 Å². The van der Waals surface area contributed by atoms with E-state index in [-0.39, 0.29) is 11.3 Å². The van der Waals surface area contributed by atoms with Crippen LogP contribution in [-0.2, 0) is 6.42 Å². The predicted octanol–water partition coefficient (Wildman–Crippen LogP) is 2.44. The van der Waals surface area contributed by atoms with Crippen molar-refractivity contribution in [2.75, 3.05) is 0 Å². The monoisotopic (exact) mass is 171 g/mol. The summed E-state index contributed by atoms with van der Waals surface area (Å²) < 4.78 is 3.80. The first-order valence-electron chi connectivity index (χ1n) is 3.61. The maximum absolute atomic E-state index is 9.21. The lowest BCUT2D eigenvalue weighted by Gasteiger charge is -2.16. The molecule has 0 unspecified atom stereocenters. The maximum Gasteiger partial charge on any atom is 0.225 e. The first-order valence-corrected chi connectivity index (χ1v) is 4.45. The average Bonchev–Trinajstić information content (AvgIpc) is 2.12. The third kappa shape index (κ3) is 2.50. The molecule has 3 heteroatoms. The highest BCUT2D eigenvalue weighted by Gasteiger charge is 2.14. The standard InChI is InChI=1S/C8H13NOS/c1-8(2,3)4-6-5-11-9-7(6)10/h5H,4H2,1-3H3,(H,9,10). The highest BCUT2D eigenvalue weighted by molar-refractivity contribution is 7.03. The number of nitrogens with zero attached hydrogens (tertiary/aromatic N) is 1. The smallest absolute Gasteiger partial charge is 0.225 e. The lowest BCUT2D eigenvalue weighted by atomic mass is 9.89. The normalized spacial score (nSPS) is 11.9. The van der Waals surface area contributed by atoms with Crippen LogP contribution in [0.5, 0.6) is 5.88 Å². The Bertz CT molecular complexity index is 236. The molecule has 62 valence electrons. The summed E-state index contributed by atoms with van der Waals surface area (Å²) in [6.45, 7) is 6.43. The van der Waals surface area contributed by atoms with Crippen molar-refractivity contribution in [3.63, 3.8) is 0 Å². The third-order valence-corrected chi connectivity index (χ3v) is 2.01. The van der Waals surface area contributed by atoms with Crippen molar-refractivity contribution in [1.29, 1.82) is 0 Å². The molecular weight excluding hydrogens is 158 g/mol. The van der Waals surface area contributed by atoms with E-state index in [4.69, 9.17) is 0 Å². The third-order valence-electron chi connectivity index (χ3n) is 1.34. The largest absolute Gasteiger partial charge is 0.492 e. The van der Waals surface area contributed by atoms with Crippen LogP contribution < -0.4 is 0 Å². The van der Waals surface area contributed by atoms with E-state index in [1.807, 2.05) is 5.38 Å². The van der Waals surface area contributed by atoms with E-state index in [0.717, 1.165) is 12.0 Å². The van der Waals surface area contributed by atoms with Crippen LogP contribution in [-0.4, -0.2) is 9.48 Å². The Labute approximate surface area is 71.1 Å². The van der Waals surface area contributed by atoms with Crippen molar-refractivity contribution in [2.45, 2.75) is 27.2 Å². The summed E-state index contributed by atoms with van der Waals surface area (Å²) in [5.74, 6) is 0.199. The Morgan fingerprint density at radius 3 is 2.55 bits per heavy atom. The zero-order chi connectivity index (χ0) is 8.48. The van der Waals surface area contributed by atoms with E-state index in [1.165, 1.54) is 11.5 Å². The van der Waals surface area contributed by atoms with Gasteiger partial charge in [-0.2, -0.15) is 4.37 Å². The molecule has 0 spiro atoms. The van der Waals surface area contributed by atoms with Crippen LogP contribution in [0.1, 0.15) is 26.3 Å². The minimum absolute atomic E-state index is 0.199. The van der Waals surface area contributed by atoms with Crippen molar-refractivity contribution < 1.29 is 5.11 Å². The summed E-state index contributed by atoms with van der Waals surface area (Å²) >= 11 is 1.31. The molecule has 11 heavy (non-hydrogen) atoms. The van der Waals surface area contributed by atoms with Crippen LogP contribution in [0, 0.1) is 5.41 Å². The van der Waals surface area contributed by atoms with E-state index in [1.54, 1.807) is 0 Å². The Morgan fingerprint density at radius 2 is 2.18 bits per heavy atom. The van der Waals surface area contributed by atoms with Gasteiger partial charge in [0.2, 0.25) is 5.88 Å². The van der Waals surface area contributed by atoms with E-state index < -0.39 is 0 Å². The molecule has 0 aliphatic rings. The van der Waals surface area contributed by atoms with Crippen LogP contribution in [0.15, 0.2) is 5.38 Å². The zero-order valence-corrected chi connectivity index (χ0v) is 7.90. The Kier molecular flexibility index (Phi) is 2.18. The summed E-state index contributed by atoms with van der Waals surface area (Å²) in [6, 6.07) is 0. The SMILES string of the molecule is CC(C)(C)Cc1csnc1O. The van der Waals surface area contributed by atoms with Crippen molar-refractivity contribution in [1.82, 2.24) is 4.37 Å². The lowest BCUT2D eigenvalue weighted by Crippen LogP contribution is -2.08. The number of rotatable bonds is 1. The van der Waals surface area contributed by atoms with Crippen LogP contribution in [0.25, 0.3) is 0 Å². The minimum atomic E-state index is 0.199. The number of hydrogen-bond acceptors (Lipinski definition) is 3. The first kappa shape index (κ1) is 8.53. The van der Waals surface area contributed by atoms with Gasteiger partial charge in [-0.15, -0.1) is 0 Å². The molecule has 0 amide bonds. The topological polar surface area (TPSA) is 33.1 Å². The summed E-state index contributed by atoms with van der Waals surface area (Å²) in [5.41, 5.74) is 1.18. The summed E-state index contributed by atoms with van der Waals surface area (Å²) in [5, 5.41) is 11.1. The second kappa shape index (κ2) is 2.81. The van der Waals surface area contributed by atoms with Gasteiger partial charge in [-0.3, -0.25) is 0 Å². The van der Waals surface area contributed by atoms with Gasteiger partial charge in [0.05, 0.1) is 0 Å². The molecule has 0 radical (unpaired) electrons. The van der Waals surface area contributed by atoms with Crippen LogP contribution in [0.3, 0.4) is 0 Å². The van der Waals surface area contributed by atoms with Gasteiger partial charge in [-0.05, 0) is 23.4 Å². The Hall–Kier alpha value is -0.570. The fourth-order valence-electron chi connectivity index (χ4n) is 0.943. The lowest BCUT2D eigenvalue weighted by molar-refractivity contribution is 0.392. The molecule has 0 aromatic carbocycles. The van der Waals surface area contributed by atoms with Gasteiger partial charge in [0, 0.05) is 10.9 Å². The van der Waals surface area contributed by atoms with E-state index in [0.29, 0.717) is 0 Å². The van der Waals surface area contributed by atoms with Gasteiger partial charge in [-0.25, -0.2) is 0 Å². The first-order chi connectivity index (χ1) is 4.99. The van der Waals surface area contributed by atoms with E-state index in [9.17, 15) is 5.11 Å². The van der Waals surface area contributed by atoms with Gasteiger partial charge >= 0.3 is 0 Å². The molecule has 1 heterocycles. The van der Waals surface area contributed by atoms with Crippen molar-refractivity contribution in [3.05, 3.63) is 10.9 Å². The quantitative estimate of drug-likeness (QED) is 0.704.